The van der Waals surface area contributed by atoms with Crippen LogP contribution >= 0.6 is 0 Å². The highest BCUT2D eigenvalue weighted by Gasteiger charge is 2.22. The number of phenols is 1. The second kappa shape index (κ2) is 5.42. The molecule has 0 radical (unpaired) electrons. The van der Waals surface area contributed by atoms with E-state index in [-0.39, 0.29) is 5.92 Å². The van der Waals surface area contributed by atoms with Crippen molar-refractivity contribution in [2.45, 2.75) is 44.9 Å². The standard InChI is InChI=1S/C15H20O3/c1-10(7-8-16)13-9-14(18-2)11-5-3-4-6-12(11)15(13)17/h8-10,17H,3-7H2,1-2H3. The number of methoxy groups -OCH3 is 1. The van der Waals surface area contributed by atoms with Crippen LogP contribution in [0.5, 0.6) is 11.5 Å². The van der Waals surface area contributed by atoms with Crippen LogP contribution in [-0.2, 0) is 17.6 Å². The van der Waals surface area contributed by atoms with Crippen molar-refractivity contribution in [2.75, 3.05) is 7.11 Å². The molecule has 0 aliphatic heterocycles. The van der Waals surface area contributed by atoms with Crippen molar-refractivity contribution in [1.29, 1.82) is 0 Å². The zero-order chi connectivity index (χ0) is 13.1. The first-order valence-corrected chi connectivity index (χ1v) is 6.54. The molecule has 0 bridgehead atoms. The lowest BCUT2D eigenvalue weighted by Gasteiger charge is -2.23. The van der Waals surface area contributed by atoms with Gasteiger partial charge in [-0.3, -0.25) is 0 Å². The Morgan fingerprint density at radius 2 is 2.06 bits per heavy atom. The van der Waals surface area contributed by atoms with Crippen molar-refractivity contribution in [3.05, 3.63) is 22.8 Å². The SMILES string of the molecule is COc1cc(C(C)CC=O)c(O)c2c1CCCC2. The molecule has 0 spiro atoms. The van der Waals surface area contributed by atoms with Gasteiger partial charge < -0.3 is 14.6 Å². The fourth-order valence-electron chi connectivity index (χ4n) is 2.74. The summed E-state index contributed by atoms with van der Waals surface area (Å²) in [5.74, 6) is 1.26. The average Bonchev–Trinajstić information content (AvgIpc) is 2.40. The molecule has 1 aromatic carbocycles. The zero-order valence-electron chi connectivity index (χ0n) is 11.0. The van der Waals surface area contributed by atoms with E-state index in [2.05, 4.69) is 0 Å². The van der Waals surface area contributed by atoms with Gasteiger partial charge in [0.25, 0.3) is 0 Å². The maximum atomic E-state index is 10.6. The highest BCUT2D eigenvalue weighted by atomic mass is 16.5. The molecule has 1 N–H and O–H groups in total. The predicted molar refractivity (Wildman–Crippen MR) is 70.4 cm³/mol. The largest absolute Gasteiger partial charge is 0.507 e. The zero-order valence-corrected chi connectivity index (χ0v) is 11.0. The summed E-state index contributed by atoms with van der Waals surface area (Å²) in [7, 11) is 1.66. The van der Waals surface area contributed by atoms with Gasteiger partial charge in [0.05, 0.1) is 7.11 Å². The van der Waals surface area contributed by atoms with Crippen LogP contribution in [0.15, 0.2) is 6.07 Å². The van der Waals surface area contributed by atoms with E-state index in [1.807, 2.05) is 13.0 Å². The fraction of sp³-hybridized carbons (Fsp3) is 0.533. The van der Waals surface area contributed by atoms with Crippen LogP contribution in [0.3, 0.4) is 0 Å². The number of rotatable bonds is 4. The normalized spacial score (nSPS) is 15.9. The molecule has 0 fully saturated rings. The molecule has 1 atom stereocenters. The molecule has 1 aliphatic carbocycles. The maximum Gasteiger partial charge on any atom is 0.122 e. The minimum Gasteiger partial charge on any atom is -0.507 e. The first-order valence-electron chi connectivity index (χ1n) is 6.54. The topological polar surface area (TPSA) is 46.5 Å². The fourth-order valence-corrected chi connectivity index (χ4v) is 2.74. The quantitative estimate of drug-likeness (QED) is 0.833. The van der Waals surface area contributed by atoms with Crippen LogP contribution in [0.25, 0.3) is 0 Å². The molecule has 0 heterocycles. The van der Waals surface area contributed by atoms with E-state index in [0.29, 0.717) is 12.2 Å². The number of hydrogen-bond donors (Lipinski definition) is 1. The Kier molecular flexibility index (Phi) is 3.90. The number of benzene rings is 1. The summed E-state index contributed by atoms with van der Waals surface area (Å²) < 4.78 is 5.44. The third kappa shape index (κ3) is 2.22. The van der Waals surface area contributed by atoms with Gasteiger partial charge in [-0.25, -0.2) is 0 Å². The second-order valence-corrected chi connectivity index (χ2v) is 4.98. The Bertz CT molecular complexity index is 452. The highest BCUT2D eigenvalue weighted by Crippen LogP contribution is 2.41. The third-order valence-corrected chi connectivity index (χ3v) is 3.81. The van der Waals surface area contributed by atoms with Gasteiger partial charge in [0.2, 0.25) is 0 Å². The van der Waals surface area contributed by atoms with E-state index < -0.39 is 0 Å². The van der Waals surface area contributed by atoms with Crippen molar-refractivity contribution < 1.29 is 14.6 Å². The van der Waals surface area contributed by atoms with Crippen molar-refractivity contribution in [3.8, 4) is 11.5 Å². The van der Waals surface area contributed by atoms with Crippen LogP contribution in [0, 0.1) is 0 Å². The lowest BCUT2D eigenvalue weighted by Crippen LogP contribution is -2.08. The first-order chi connectivity index (χ1) is 8.69. The molecule has 1 unspecified atom stereocenters. The molecule has 0 amide bonds. The van der Waals surface area contributed by atoms with Crippen LogP contribution < -0.4 is 4.74 Å². The van der Waals surface area contributed by atoms with Gasteiger partial charge in [-0.15, -0.1) is 0 Å². The number of phenolic OH excluding ortho intramolecular Hbond substituents is 1. The van der Waals surface area contributed by atoms with Gasteiger partial charge in [0.1, 0.15) is 17.8 Å². The van der Waals surface area contributed by atoms with E-state index in [1.165, 1.54) is 0 Å². The molecule has 1 aromatic rings. The Morgan fingerprint density at radius 3 is 2.67 bits per heavy atom. The Balaban J connectivity index is 2.51. The lowest BCUT2D eigenvalue weighted by atomic mass is 9.85. The molecule has 0 saturated heterocycles. The number of ether oxygens (including phenoxy) is 1. The van der Waals surface area contributed by atoms with Crippen molar-refractivity contribution in [2.24, 2.45) is 0 Å². The molecule has 0 aromatic heterocycles. The molecular weight excluding hydrogens is 228 g/mol. The van der Waals surface area contributed by atoms with Gasteiger partial charge in [-0.2, -0.15) is 0 Å². The van der Waals surface area contributed by atoms with Gasteiger partial charge >= 0.3 is 0 Å². The number of hydrogen-bond acceptors (Lipinski definition) is 3. The van der Waals surface area contributed by atoms with Crippen LogP contribution in [0.2, 0.25) is 0 Å². The highest BCUT2D eigenvalue weighted by molar-refractivity contribution is 5.58. The van der Waals surface area contributed by atoms with Crippen molar-refractivity contribution >= 4 is 6.29 Å². The molecule has 2 rings (SSSR count). The van der Waals surface area contributed by atoms with E-state index in [4.69, 9.17) is 4.74 Å². The molecule has 3 nitrogen and oxygen atoms in total. The van der Waals surface area contributed by atoms with E-state index in [1.54, 1.807) is 7.11 Å². The molecule has 98 valence electrons. The summed E-state index contributed by atoms with van der Waals surface area (Å²) >= 11 is 0. The molecular formula is C15H20O3. The van der Waals surface area contributed by atoms with Crippen molar-refractivity contribution in [3.63, 3.8) is 0 Å². The van der Waals surface area contributed by atoms with Crippen LogP contribution in [0.1, 0.15) is 48.8 Å². The number of fused-ring (bicyclic) bond motifs is 1. The summed E-state index contributed by atoms with van der Waals surface area (Å²) in [4.78, 5) is 10.6. The summed E-state index contributed by atoms with van der Waals surface area (Å²) in [5.41, 5.74) is 3.00. The van der Waals surface area contributed by atoms with Gasteiger partial charge in [-0.05, 0) is 37.7 Å². The van der Waals surface area contributed by atoms with E-state index in [0.717, 1.165) is 54.4 Å². The number of aromatic hydroxyl groups is 1. The Labute approximate surface area is 108 Å². The Hall–Kier alpha value is -1.51. The molecule has 1 aliphatic rings. The molecule has 18 heavy (non-hydrogen) atoms. The first kappa shape index (κ1) is 12.9. The summed E-state index contributed by atoms with van der Waals surface area (Å²) in [6, 6.07) is 1.90. The van der Waals surface area contributed by atoms with Crippen LogP contribution in [0.4, 0.5) is 0 Å². The minimum atomic E-state index is 0.0311. The third-order valence-electron chi connectivity index (χ3n) is 3.81. The predicted octanol–water partition coefficient (Wildman–Crippen LogP) is 2.97. The minimum absolute atomic E-state index is 0.0311. The second-order valence-electron chi connectivity index (χ2n) is 4.98. The van der Waals surface area contributed by atoms with Crippen molar-refractivity contribution in [1.82, 2.24) is 0 Å². The number of aldehydes is 1. The van der Waals surface area contributed by atoms with Gasteiger partial charge in [0.15, 0.2) is 0 Å². The summed E-state index contributed by atoms with van der Waals surface area (Å²) in [6.45, 7) is 1.96. The lowest BCUT2D eigenvalue weighted by molar-refractivity contribution is -0.108. The van der Waals surface area contributed by atoms with E-state index >= 15 is 0 Å². The van der Waals surface area contributed by atoms with Gasteiger partial charge in [0, 0.05) is 23.1 Å². The smallest absolute Gasteiger partial charge is 0.122 e. The monoisotopic (exact) mass is 248 g/mol. The van der Waals surface area contributed by atoms with Crippen LogP contribution in [-0.4, -0.2) is 18.5 Å². The van der Waals surface area contributed by atoms with Gasteiger partial charge in [-0.1, -0.05) is 6.92 Å². The number of carbonyl (C=O) groups is 1. The molecule has 0 saturated carbocycles. The average molecular weight is 248 g/mol. The Morgan fingerprint density at radius 1 is 1.39 bits per heavy atom. The summed E-state index contributed by atoms with van der Waals surface area (Å²) in [5, 5.41) is 10.4. The maximum absolute atomic E-state index is 10.6. The number of carbonyl (C=O) groups excluding carboxylic acids is 1. The van der Waals surface area contributed by atoms with E-state index in [9.17, 15) is 9.90 Å². The summed E-state index contributed by atoms with van der Waals surface area (Å²) in [6.07, 6.45) is 5.44. The molecule has 3 heteroatoms.